The summed E-state index contributed by atoms with van der Waals surface area (Å²) in [6.45, 7) is 1.40. The largest absolute Gasteiger partial charge is 0.395 e. The maximum atomic E-state index is 11.1. The van der Waals surface area contributed by atoms with Crippen LogP contribution in [0.2, 0.25) is 0 Å². The Bertz CT molecular complexity index is 205. The van der Waals surface area contributed by atoms with E-state index in [0.717, 1.165) is 0 Å². The molecular weight excluding hydrogens is 202 g/mol. The highest BCUT2D eigenvalue weighted by Gasteiger charge is 2.12. The van der Waals surface area contributed by atoms with Gasteiger partial charge in [0.1, 0.15) is 0 Å². The van der Waals surface area contributed by atoms with Crippen molar-refractivity contribution in [2.75, 3.05) is 18.2 Å². The number of nitrogens with one attached hydrogen (secondary N) is 1. The molecule has 0 fully saturated rings. The molecule has 0 unspecified atom stereocenters. The Morgan fingerprint density at radius 2 is 2.17 bits per heavy atom. The summed E-state index contributed by atoms with van der Waals surface area (Å²) < 4.78 is 24.5. The van der Waals surface area contributed by atoms with Crippen LogP contribution in [-0.2, 0) is 10.0 Å². The number of aliphatic hydroxyl groups excluding tert-OH is 1. The van der Waals surface area contributed by atoms with Gasteiger partial charge in [0.25, 0.3) is 0 Å². The highest BCUT2D eigenvalue weighted by atomic mass is 35.5. The lowest BCUT2D eigenvalue weighted by Crippen LogP contribution is -2.36. The maximum Gasteiger partial charge on any atom is 0.211 e. The number of aliphatic hydroxyl groups is 1. The lowest BCUT2D eigenvalue weighted by molar-refractivity contribution is 0.265. The Balaban J connectivity index is 3.88. The Morgan fingerprint density at radius 1 is 1.58 bits per heavy atom. The summed E-state index contributed by atoms with van der Waals surface area (Å²) >= 11 is 5.34. The molecule has 1 atom stereocenters. The van der Waals surface area contributed by atoms with Crippen molar-refractivity contribution in [1.82, 2.24) is 4.72 Å². The molecule has 0 radical (unpaired) electrons. The van der Waals surface area contributed by atoms with Crippen LogP contribution in [0.5, 0.6) is 0 Å². The minimum Gasteiger partial charge on any atom is -0.395 e. The summed E-state index contributed by atoms with van der Waals surface area (Å²) in [6.07, 6.45) is 0.426. The Kier molecular flexibility index (Phi) is 5.82. The lowest BCUT2D eigenvalue weighted by Gasteiger charge is -2.10. The van der Waals surface area contributed by atoms with Crippen molar-refractivity contribution in [2.24, 2.45) is 0 Å². The van der Waals surface area contributed by atoms with Gasteiger partial charge in [-0.3, -0.25) is 0 Å². The summed E-state index contributed by atoms with van der Waals surface area (Å²) in [5, 5.41) is 8.57. The molecule has 0 aromatic carbocycles. The van der Waals surface area contributed by atoms with Crippen molar-refractivity contribution in [3.05, 3.63) is 0 Å². The van der Waals surface area contributed by atoms with Gasteiger partial charge in [-0.2, -0.15) is 0 Å². The second kappa shape index (κ2) is 5.75. The molecular formula is C6H14ClNO3S. The van der Waals surface area contributed by atoms with Gasteiger partial charge in [0.15, 0.2) is 0 Å². The Labute approximate surface area is 78.0 Å². The minimum absolute atomic E-state index is 0.0147. The Hall–Kier alpha value is 0.160. The minimum atomic E-state index is -3.25. The van der Waals surface area contributed by atoms with Crippen LogP contribution in [0.4, 0.5) is 0 Å². The van der Waals surface area contributed by atoms with Gasteiger partial charge in [-0.25, -0.2) is 13.1 Å². The van der Waals surface area contributed by atoms with Crippen LogP contribution >= 0.6 is 11.6 Å². The molecule has 0 aliphatic heterocycles. The van der Waals surface area contributed by atoms with Crippen LogP contribution in [0.15, 0.2) is 0 Å². The van der Waals surface area contributed by atoms with Crippen molar-refractivity contribution < 1.29 is 13.5 Å². The zero-order valence-corrected chi connectivity index (χ0v) is 8.53. The molecule has 74 valence electrons. The number of alkyl halides is 1. The van der Waals surface area contributed by atoms with Gasteiger partial charge in [0, 0.05) is 11.9 Å². The first kappa shape index (κ1) is 12.2. The molecule has 0 aromatic rings. The number of hydrogen-bond donors (Lipinski definition) is 2. The third-order valence-electron chi connectivity index (χ3n) is 1.20. The van der Waals surface area contributed by atoms with E-state index in [9.17, 15) is 8.42 Å². The predicted molar refractivity (Wildman–Crippen MR) is 48.8 cm³/mol. The molecule has 0 bridgehead atoms. The molecule has 6 heteroatoms. The van der Waals surface area contributed by atoms with Gasteiger partial charge in [-0.15, -0.1) is 11.6 Å². The van der Waals surface area contributed by atoms with E-state index < -0.39 is 16.1 Å². The smallest absolute Gasteiger partial charge is 0.211 e. The topological polar surface area (TPSA) is 66.4 Å². The van der Waals surface area contributed by atoms with Crippen LogP contribution < -0.4 is 4.72 Å². The van der Waals surface area contributed by atoms with Crippen LogP contribution in [0, 0.1) is 0 Å². The first-order chi connectivity index (χ1) is 5.52. The highest BCUT2D eigenvalue weighted by molar-refractivity contribution is 7.89. The van der Waals surface area contributed by atoms with E-state index in [1.165, 1.54) is 0 Å². The summed E-state index contributed by atoms with van der Waals surface area (Å²) in [6, 6.07) is -0.426. The number of halogens is 1. The average molecular weight is 216 g/mol. The zero-order valence-electron chi connectivity index (χ0n) is 6.96. The van der Waals surface area contributed by atoms with Crippen molar-refractivity contribution in [1.29, 1.82) is 0 Å². The summed E-state index contributed by atoms with van der Waals surface area (Å²) in [4.78, 5) is 0. The standard InChI is InChI=1S/C6H14ClNO3S/c1-6(5-9)8-12(10,11)4-2-3-7/h6,8-9H,2-5H2,1H3/t6-/m0/s1. The number of sulfonamides is 1. The quantitative estimate of drug-likeness (QED) is 0.609. The van der Waals surface area contributed by atoms with E-state index in [2.05, 4.69) is 4.72 Å². The molecule has 0 spiro atoms. The molecule has 0 saturated carbocycles. The molecule has 12 heavy (non-hydrogen) atoms. The van der Waals surface area contributed by atoms with E-state index in [0.29, 0.717) is 12.3 Å². The summed E-state index contributed by atoms with van der Waals surface area (Å²) in [5.41, 5.74) is 0. The third-order valence-corrected chi connectivity index (χ3v) is 3.06. The number of rotatable bonds is 6. The van der Waals surface area contributed by atoms with Gasteiger partial charge in [0.2, 0.25) is 10.0 Å². The van der Waals surface area contributed by atoms with E-state index >= 15 is 0 Å². The Morgan fingerprint density at radius 3 is 2.58 bits per heavy atom. The van der Waals surface area contributed by atoms with E-state index in [1.54, 1.807) is 6.92 Å². The van der Waals surface area contributed by atoms with Gasteiger partial charge < -0.3 is 5.11 Å². The van der Waals surface area contributed by atoms with Crippen molar-refractivity contribution in [3.8, 4) is 0 Å². The lowest BCUT2D eigenvalue weighted by atomic mass is 10.4. The second-order valence-electron chi connectivity index (χ2n) is 2.56. The molecule has 2 N–H and O–H groups in total. The zero-order chi connectivity index (χ0) is 9.61. The molecule has 0 rings (SSSR count). The van der Waals surface area contributed by atoms with Crippen LogP contribution in [0.25, 0.3) is 0 Å². The molecule has 4 nitrogen and oxygen atoms in total. The van der Waals surface area contributed by atoms with Crippen molar-refractivity contribution >= 4 is 21.6 Å². The van der Waals surface area contributed by atoms with Gasteiger partial charge >= 0.3 is 0 Å². The first-order valence-corrected chi connectivity index (χ1v) is 5.87. The molecule has 0 aliphatic rings. The summed E-state index contributed by atoms with van der Waals surface area (Å²) in [7, 11) is -3.25. The molecule has 0 amide bonds. The first-order valence-electron chi connectivity index (χ1n) is 3.68. The fourth-order valence-corrected chi connectivity index (χ4v) is 2.27. The average Bonchev–Trinajstić information content (AvgIpc) is 2.00. The normalized spacial score (nSPS) is 14.6. The molecule has 0 saturated heterocycles. The maximum absolute atomic E-state index is 11.1. The molecule has 0 heterocycles. The van der Waals surface area contributed by atoms with E-state index in [1.807, 2.05) is 0 Å². The van der Waals surface area contributed by atoms with E-state index in [4.69, 9.17) is 16.7 Å². The van der Waals surface area contributed by atoms with E-state index in [-0.39, 0.29) is 12.4 Å². The monoisotopic (exact) mass is 215 g/mol. The predicted octanol–water partition coefficient (Wildman–Crippen LogP) is -0.0845. The van der Waals surface area contributed by atoms with Gasteiger partial charge in [-0.05, 0) is 13.3 Å². The van der Waals surface area contributed by atoms with Crippen LogP contribution in [0.3, 0.4) is 0 Å². The summed E-state index contributed by atoms with van der Waals surface area (Å²) in [5.74, 6) is 0.343. The van der Waals surface area contributed by atoms with Gasteiger partial charge in [-0.1, -0.05) is 0 Å². The highest BCUT2D eigenvalue weighted by Crippen LogP contribution is 1.93. The fraction of sp³-hybridized carbons (Fsp3) is 1.00. The second-order valence-corrected chi connectivity index (χ2v) is 4.81. The van der Waals surface area contributed by atoms with Crippen molar-refractivity contribution in [3.63, 3.8) is 0 Å². The molecule has 0 aromatic heterocycles. The fourth-order valence-electron chi connectivity index (χ4n) is 0.647. The number of hydrogen-bond acceptors (Lipinski definition) is 3. The van der Waals surface area contributed by atoms with Crippen LogP contribution in [0.1, 0.15) is 13.3 Å². The van der Waals surface area contributed by atoms with Crippen LogP contribution in [-0.4, -0.2) is 37.8 Å². The third kappa shape index (κ3) is 5.77. The van der Waals surface area contributed by atoms with Gasteiger partial charge in [0.05, 0.1) is 12.4 Å². The SMILES string of the molecule is C[C@@H](CO)NS(=O)(=O)CCCCl. The molecule has 0 aliphatic carbocycles. The van der Waals surface area contributed by atoms with Crippen molar-refractivity contribution in [2.45, 2.75) is 19.4 Å².